The van der Waals surface area contributed by atoms with Crippen molar-refractivity contribution < 1.29 is 0 Å². The molecule has 0 unspecified atom stereocenters. The molecular formula is C18H28S6. The van der Waals surface area contributed by atoms with Gasteiger partial charge in [-0.1, -0.05) is 86.6 Å². The number of allylic oxidation sites excluding steroid dienone is 2. The largest absolute Gasteiger partial charge is 0.117 e. The van der Waals surface area contributed by atoms with Crippen molar-refractivity contribution in [1.29, 1.82) is 0 Å². The number of hydrogen-bond acceptors (Lipinski definition) is 6. The van der Waals surface area contributed by atoms with E-state index in [2.05, 4.69) is 51.2 Å². The predicted molar refractivity (Wildman–Crippen MR) is 127 cm³/mol. The van der Waals surface area contributed by atoms with Crippen molar-refractivity contribution in [3.8, 4) is 0 Å². The fourth-order valence-corrected chi connectivity index (χ4v) is 10.9. The summed E-state index contributed by atoms with van der Waals surface area (Å²) in [4.78, 5) is 2.95. The van der Waals surface area contributed by atoms with Gasteiger partial charge in [-0.25, -0.2) is 0 Å². The van der Waals surface area contributed by atoms with Gasteiger partial charge in [-0.3, -0.25) is 0 Å². The maximum absolute atomic E-state index is 2.29. The van der Waals surface area contributed by atoms with Crippen molar-refractivity contribution in [3.63, 3.8) is 0 Å². The highest BCUT2D eigenvalue weighted by atomic mass is 32.3. The minimum absolute atomic E-state index is 1.27. The summed E-state index contributed by atoms with van der Waals surface area (Å²) >= 11 is 12.2. The molecule has 0 aromatic heterocycles. The molecule has 2 aliphatic heterocycles. The van der Waals surface area contributed by atoms with Crippen LogP contribution in [0.15, 0.2) is 26.8 Å². The van der Waals surface area contributed by atoms with E-state index < -0.39 is 0 Å². The average Bonchev–Trinajstić information content (AvgIpc) is 3.12. The van der Waals surface area contributed by atoms with E-state index in [1.54, 1.807) is 8.47 Å². The molecule has 24 heavy (non-hydrogen) atoms. The van der Waals surface area contributed by atoms with Gasteiger partial charge >= 0.3 is 0 Å². The van der Waals surface area contributed by atoms with Crippen LogP contribution in [-0.4, -0.2) is 11.5 Å². The topological polar surface area (TPSA) is 0 Å². The highest BCUT2D eigenvalue weighted by Crippen LogP contribution is 2.63. The first-order valence-corrected chi connectivity index (χ1v) is 14.0. The fraction of sp³-hybridized carbons (Fsp3) is 0.667. The van der Waals surface area contributed by atoms with E-state index in [1.165, 1.54) is 68.3 Å². The number of hydrogen-bond donors (Lipinski definition) is 0. The van der Waals surface area contributed by atoms with Crippen molar-refractivity contribution in [3.05, 3.63) is 26.8 Å². The molecule has 0 atom stereocenters. The Bertz CT molecular complexity index is 476. The van der Waals surface area contributed by atoms with E-state index >= 15 is 0 Å². The SMILES string of the molecule is CCCCCSC1=C(SCCCCC)SC(=C2SC(C)=C(C)S2)S1. The zero-order valence-electron chi connectivity index (χ0n) is 15.1. The second kappa shape index (κ2) is 11.9. The lowest BCUT2D eigenvalue weighted by molar-refractivity contribution is 0.779. The first kappa shape index (κ1) is 21.6. The number of unbranched alkanes of at least 4 members (excludes halogenated alkanes) is 4. The second-order valence-electron chi connectivity index (χ2n) is 5.78. The molecule has 0 saturated heterocycles. The van der Waals surface area contributed by atoms with Crippen molar-refractivity contribution in [1.82, 2.24) is 0 Å². The molecule has 0 spiro atoms. The van der Waals surface area contributed by atoms with E-state index in [0.717, 1.165) is 0 Å². The van der Waals surface area contributed by atoms with Crippen molar-refractivity contribution >= 4 is 70.6 Å². The first-order chi connectivity index (χ1) is 11.7. The van der Waals surface area contributed by atoms with Gasteiger partial charge in [0.15, 0.2) is 0 Å². The Morgan fingerprint density at radius 3 is 1.46 bits per heavy atom. The van der Waals surface area contributed by atoms with Crippen LogP contribution in [0, 0.1) is 0 Å². The van der Waals surface area contributed by atoms with Crippen LogP contribution in [0.25, 0.3) is 0 Å². The molecule has 6 heteroatoms. The summed E-state index contributed by atoms with van der Waals surface area (Å²) in [5.74, 6) is 2.55. The van der Waals surface area contributed by atoms with Gasteiger partial charge in [0.2, 0.25) is 0 Å². The van der Waals surface area contributed by atoms with Gasteiger partial charge in [-0.05, 0) is 48.0 Å². The van der Waals surface area contributed by atoms with Gasteiger partial charge in [0.1, 0.15) is 0 Å². The van der Waals surface area contributed by atoms with Crippen LogP contribution in [-0.2, 0) is 0 Å². The van der Waals surface area contributed by atoms with Crippen LogP contribution in [0.1, 0.15) is 66.2 Å². The summed E-state index contributed by atoms with van der Waals surface area (Å²) in [6, 6.07) is 0. The van der Waals surface area contributed by atoms with Crippen LogP contribution in [0.2, 0.25) is 0 Å². The normalized spacial score (nSPS) is 18.5. The second-order valence-corrected chi connectivity index (χ2v) is 13.5. The minimum Gasteiger partial charge on any atom is -0.117 e. The van der Waals surface area contributed by atoms with Crippen LogP contribution < -0.4 is 0 Å². The Morgan fingerprint density at radius 1 is 0.625 bits per heavy atom. The molecule has 0 bridgehead atoms. The summed E-state index contributed by atoms with van der Waals surface area (Å²) in [5, 5.41) is 0. The van der Waals surface area contributed by atoms with Gasteiger partial charge in [0.25, 0.3) is 0 Å². The molecule has 0 fully saturated rings. The predicted octanol–water partition coefficient (Wildman–Crippen LogP) is 9.30. The van der Waals surface area contributed by atoms with Crippen LogP contribution >= 0.6 is 70.6 Å². The summed E-state index contributed by atoms with van der Waals surface area (Å²) in [7, 11) is 0. The molecule has 0 aliphatic carbocycles. The smallest absolute Gasteiger partial charge is 0.0717 e. The maximum atomic E-state index is 2.29. The molecule has 0 nitrogen and oxygen atoms in total. The summed E-state index contributed by atoms with van der Waals surface area (Å²) in [6.07, 6.45) is 8.04. The van der Waals surface area contributed by atoms with Crippen molar-refractivity contribution in [2.24, 2.45) is 0 Å². The molecule has 0 aromatic rings. The lowest BCUT2D eigenvalue weighted by Crippen LogP contribution is -1.82. The van der Waals surface area contributed by atoms with Gasteiger partial charge in [0.05, 0.1) is 16.9 Å². The molecule has 0 N–H and O–H groups in total. The Morgan fingerprint density at radius 2 is 1.04 bits per heavy atom. The molecule has 2 heterocycles. The zero-order valence-corrected chi connectivity index (χ0v) is 20.0. The third-order valence-corrected chi connectivity index (χ3v) is 12.5. The third kappa shape index (κ3) is 6.80. The summed E-state index contributed by atoms with van der Waals surface area (Å²) in [5.41, 5.74) is 0. The number of thioether (sulfide) groups is 6. The first-order valence-electron chi connectivity index (χ1n) is 8.78. The third-order valence-electron chi connectivity index (χ3n) is 3.65. The van der Waals surface area contributed by atoms with Crippen LogP contribution in [0.3, 0.4) is 0 Å². The zero-order chi connectivity index (χ0) is 17.4. The van der Waals surface area contributed by atoms with E-state index in [-0.39, 0.29) is 0 Å². The standard InChI is InChI=1S/C18H28S6/c1-5-7-9-11-19-15-16(20-12-10-8-6-2)24-18(23-15)17-21-13(3)14(4)22-17/h5-12H2,1-4H3. The lowest BCUT2D eigenvalue weighted by Gasteiger charge is -2.04. The molecule has 0 radical (unpaired) electrons. The van der Waals surface area contributed by atoms with Crippen molar-refractivity contribution in [2.75, 3.05) is 11.5 Å². The molecule has 0 saturated carbocycles. The molecular weight excluding hydrogens is 409 g/mol. The van der Waals surface area contributed by atoms with E-state index in [9.17, 15) is 0 Å². The minimum atomic E-state index is 1.27. The molecule has 136 valence electrons. The van der Waals surface area contributed by atoms with E-state index in [4.69, 9.17) is 0 Å². The Labute approximate surface area is 174 Å². The molecule has 0 amide bonds. The fourth-order valence-electron chi connectivity index (χ4n) is 2.09. The lowest BCUT2D eigenvalue weighted by atomic mass is 10.3. The average molecular weight is 437 g/mol. The van der Waals surface area contributed by atoms with Gasteiger partial charge < -0.3 is 0 Å². The highest BCUT2D eigenvalue weighted by molar-refractivity contribution is 8.42. The Balaban J connectivity index is 1.95. The monoisotopic (exact) mass is 436 g/mol. The summed E-state index contributed by atoms with van der Waals surface area (Å²) in [6.45, 7) is 9.07. The molecule has 2 rings (SSSR count). The molecule has 2 aliphatic rings. The van der Waals surface area contributed by atoms with E-state index in [0.29, 0.717) is 0 Å². The van der Waals surface area contributed by atoms with Gasteiger partial charge in [0, 0.05) is 0 Å². The van der Waals surface area contributed by atoms with Crippen LogP contribution in [0.5, 0.6) is 0 Å². The van der Waals surface area contributed by atoms with Gasteiger partial charge in [-0.15, -0.1) is 23.5 Å². The molecule has 0 aromatic carbocycles. The van der Waals surface area contributed by atoms with Gasteiger partial charge in [-0.2, -0.15) is 0 Å². The highest BCUT2D eigenvalue weighted by Gasteiger charge is 2.28. The van der Waals surface area contributed by atoms with E-state index in [1.807, 2.05) is 47.0 Å². The van der Waals surface area contributed by atoms with Crippen LogP contribution in [0.4, 0.5) is 0 Å². The number of rotatable bonds is 10. The Kier molecular flexibility index (Phi) is 10.7. The maximum Gasteiger partial charge on any atom is 0.0717 e. The Hall–Kier alpha value is 1.32. The quantitative estimate of drug-likeness (QED) is 0.310. The van der Waals surface area contributed by atoms with Crippen molar-refractivity contribution in [2.45, 2.75) is 66.2 Å². The summed E-state index contributed by atoms with van der Waals surface area (Å²) < 4.78 is 6.18.